The fraction of sp³-hybridized carbons (Fsp3) is 0. The molecule has 0 spiro atoms. The van der Waals surface area contributed by atoms with Crippen molar-refractivity contribution in [3.8, 4) is 28.2 Å². The molecule has 0 radical (unpaired) electrons. The van der Waals surface area contributed by atoms with Gasteiger partial charge in [0, 0.05) is 52.4 Å². The Hall–Kier alpha value is -4.83. The van der Waals surface area contributed by atoms with E-state index in [0.717, 1.165) is 44.6 Å². The predicted molar refractivity (Wildman–Crippen MR) is 143 cm³/mol. The largest absolute Gasteiger partial charge is 0.309 e. The molecule has 0 fully saturated rings. The summed E-state index contributed by atoms with van der Waals surface area (Å²) in [5, 5.41) is 4.76. The number of hydrogen-bond acceptors (Lipinski definition) is 3. The van der Waals surface area contributed by atoms with Gasteiger partial charge < -0.3 is 4.57 Å². The molecule has 4 nitrogen and oxygen atoms in total. The summed E-state index contributed by atoms with van der Waals surface area (Å²) in [6.07, 6.45) is 7.49. The minimum absolute atomic E-state index is 0.930. The van der Waals surface area contributed by atoms with E-state index in [9.17, 15) is 0 Å². The average molecular weight is 449 g/mol. The Morgan fingerprint density at radius 3 is 1.83 bits per heavy atom. The molecule has 4 heteroatoms. The highest BCUT2D eigenvalue weighted by molar-refractivity contribution is 6.13. The van der Waals surface area contributed by atoms with Gasteiger partial charge in [-0.1, -0.05) is 36.4 Å². The van der Waals surface area contributed by atoms with Gasteiger partial charge in [-0.05, 0) is 71.4 Å². The van der Waals surface area contributed by atoms with Crippen LogP contribution in [0.5, 0.6) is 0 Å². The summed E-state index contributed by atoms with van der Waals surface area (Å²) in [6, 6.07) is 33.7. The van der Waals surface area contributed by atoms with Crippen molar-refractivity contribution in [1.82, 2.24) is 19.5 Å². The number of benzene rings is 3. The monoisotopic (exact) mass is 448 g/mol. The molecule has 35 heavy (non-hydrogen) atoms. The first-order chi connectivity index (χ1) is 17.3. The van der Waals surface area contributed by atoms with Crippen molar-refractivity contribution in [2.24, 2.45) is 0 Å². The molecular weight excluding hydrogens is 428 g/mol. The van der Waals surface area contributed by atoms with Crippen LogP contribution >= 0.6 is 0 Å². The van der Waals surface area contributed by atoms with Crippen molar-refractivity contribution in [3.05, 3.63) is 122 Å². The van der Waals surface area contributed by atoms with Crippen molar-refractivity contribution in [2.75, 3.05) is 0 Å². The van der Waals surface area contributed by atoms with E-state index >= 15 is 0 Å². The second-order valence-electron chi connectivity index (χ2n) is 8.64. The zero-order valence-electron chi connectivity index (χ0n) is 18.8. The lowest BCUT2D eigenvalue weighted by Crippen LogP contribution is -1.97. The van der Waals surface area contributed by atoms with Crippen molar-refractivity contribution >= 4 is 32.6 Å². The van der Waals surface area contributed by atoms with Crippen molar-refractivity contribution < 1.29 is 0 Å². The first-order valence-corrected chi connectivity index (χ1v) is 11.6. The van der Waals surface area contributed by atoms with Crippen molar-refractivity contribution in [1.29, 1.82) is 0 Å². The lowest BCUT2D eigenvalue weighted by Gasteiger charge is -2.13. The van der Waals surface area contributed by atoms with Crippen LogP contribution in [0, 0.1) is 0 Å². The van der Waals surface area contributed by atoms with Gasteiger partial charge >= 0.3 is 0 Å². The first-order valence-electron chi connectivity index (χ1n) is 11.6. The Kier molecular flexibility index (Phi) is 4.42. The standard InChI is InChI=1S/C31H20N4/c1-2-8-22-19-31-26(18-21(22)7-1)27-20-32-14-11-30(27)35(31)25-16-23(28-9-3-5-12-33-28)15-24(17-25)29-10-4-6-13-34-29/h1-20H. The third kappa shape index (κ3) is 3.27. The van der Waals surface area contributed by atoms with Crippen LogP contribution in [0.3, 0.4) is 0 Å². The SMILES string of the molecule is c1ccc(-c2cc(-c3ccccn3)cc(-n3c4ccncc4c4cc5ccccc5cc43)c2)nc1. The fourth-order valence-electron chi connectivity index (χ4n) is 4.93. The van der Waals surface area contributed by atoms with Gasteiger partial charge in [-0.2, -0.15) is 0 Å². The topological polar surface area (TPSA) is 43.6 Å². The van der Waals surface area contributed by atoms with Crippen LogP contribution in [0.15, 0.2) is 122 Å². The second kappa shape index (κ2) is 7.89. The van der Waals surface area contributed by atoms with Crippen LogP contribution in [0.1, 0.15) is 0 Å². The molecule has 0 amide bonds. The highest BCUT2D eigenvalue weighted by Crippen LogP contribution is 2.36. The molecule has 0 aliphatic rings. The number of rotatable bonds is 3. The molecule has 4 heterocycles. The van der Waals surface area contributed by atoms with Gasteiger partial charge in [-0.15, -0.1) is 0 Å². The molecule has 7 rings (SSSR count). The lowest BCUT2D eigenvalue weighted by atomic mass is 10.0. The number of fused-ring (bicyclic) bond motifs is 4. The second-order valence-corrected chi connectivity index (χ2v) is 8.64. The summed E-state index contributed by atoms with van der Waals surface area (Å²) in [5.41, 5.74) is 7.30. The highest BCUT2D eigenvalue weighted by atomic mass is 15.0. The third-order valence-electron chi connectivity index (χ3n) is 6.53. The van der Waals surface area contributed by atoms with Gasteiger partial charge in [-0.3, -0.25) is 15.0 Å². The molecule has 0 saturated carbocycles. The Bertz CT molecular complexity index is 1780. The van der Waals surface area contributed by atoms with Crippen LogP contribution in [0.2, 0.25) is 0 Å². The predicted octanol–water partition coefficient (Wildman–Crippen LogP) is 7.46. The molecule has 0 atom stereocenters. The van der Waals surface area contributed by atoms with Gasteiger partial charge in [0.2, 0.25) is 0 Å². The summed E-state index contributed by atoms with van der Waals surface area (Å²) in [6.45, 7) is 0. The van der Waals surface area contributed by atoms with E-state index in [1.54, 1.807) is 0 Å². The van der Waals surface area contributed by atoms with Crippen molar-refractivity contribution in [3.63, 3.8) is 0 Å². The van der Waals surface area contributed by atoms with E-state index in [2.05, 4.69) is 80.2 Å². The van der Waals surface area contributed by atoms with Crippen molar-refractivity contribution in [2.45, 2.75) is 0 Å². The quantitative estimate of drug-likeness (QED) is 0.282. The molecule has 0 saturated heterocycles. The maximum atomic E-state index is 4.63. The normalized spacial score (nSPS) is 11.4. The molecule has 0 bridgehead atoms. The number of nitrogens with zero attached hydrogens (tertiary/aromatic N) is 4. The van der Waals surface area contributed by atoms with Crippen LogP contribution in [0.4, 0.5) is 0 Å². The van der Waals surface area contributed by atoms with Gasteiger partial charge in [-0.25, -0.2) is 0 Å². The first kappa shape index (κ1) is 19.6. The zero-order valence-corrected chi connectivity index (χ0v) is 18.8. The number of aromatic nitrogens is 4. The summed E-state index contributed by atoms with van der Waals surface area (Å²) in [5.74, 6) is 0. The fourth-order valence-corrected chi connectivity index (χ4v) is 4.93. The molecule has 0 aliphatic carbocycles. The summed E-state index contributed by atoms with van der Waals surface area (Å²) in [7, 11) is 0. The maximum absolute atomic E-state index is 4.63. The van der Waals surface area contributed by atoms with E-state index in [1.807, 2.05) is 61.2 Å². The van der Waals surface area contributed by atoms with Gasteiger partial charge in [0.05, 0.1) is 22.4 Å². The van der Waals surface area contributed by atoms with E-state index in [1.165, 1.54) is 16.2 Å². The summed E-state index contributed by atoms with van der Waals surface area (Å²) < 4.78 is 2.33. The minimum atomic E-state index is 0.930. The summed E-state index contributed by atoms with van der Waals surface area (Å²) >= 11 is 0. The van der Waals surface area contributed by atoms with E-state index in [4.69, 9.17) is 0 Å². The van der Waals surface area contributed by atoms with Crippen LogP contribution in [-0.2, 0) is 0 Å². The number of hydrogen-bond donors (Lipinski definition) is 0. The van der Waals surface area contributed by atoms with Gasteiger partial charge in [0.1, 0.15) is 0 Å². The lowest BCUT2D eigenvalue weighted by molar-refractivity contribution is 1.17. The Morgan fingerprint density at radius 2 is 1.17 bits per heavy atom. The van der Waals surface area contributed by atoms with E-state index in [0.29, 0.717) is 0 Å². The molecule has 164 valence electrons. The maximum Gasteiger partial charge on any atom is 0.0702 e. The number of pyridine rings is 3. The highest BCUT2D eigenvalue weighted by Gasteiger charge is 2.16. The van der Waals surface area contributed by atoms with Crippen LogP contribution in [-0.4, -0.2) is 19.5 Å². The Labute approximate surface area is 202 Å². The minimum Gasteiger partial charge on any atom is -0.309 e. The van der Waals surface area contributed by atoms with E-state index in [-0.39, 0.29) is 0 Å². The smallest absolute Gasteiger partial charge is 0.0702 e. The molecule has 0 unspecified atom stereocenters. The molecule has 3 aromatic carbocycles. The molecule has 0 aliphatic heterocycles. The van der Waals surface area contributed by atoms with Gasteiger partial charge in [0.25, 0.3) is 0 Å². The summed E-state index contributed by atoms with van der Waals surface area (Å²) in [4.78, 5) is 13.7. The molecule has 4 aromatic heterocycles. The zero-order chi connectivity index (χ0) is 23.2. The van der Waals surface area contributed by atoms with Crippen LogP contribution in [0.25, 0.3) is 60.8 Å². The molecular formula is C31H20N4. The van der Waals surface area contributed by atoms with Gasteiger partial charge in [0.15, 0.2) is 0 Å². The van der Waals surface area contributed by atoms with E-state index < -0.39 is 0 Å². The Balaban J connectivity index is 1.59. The molecule has 7 aromatic rings. The van der Waals surface area contributed by atoms with Crippen LogP contribution < -0.4 is 0 Å². The molecule has 0 N–H and O–H groups in total. The average Bonchev–Trinajstić information content (AvgIpc) is 3.26. The third-order valence-corrected chi connectivity index (χ3v) is 6.53. The Morgan fingerprint density at radius 1 is 0.514 bits per heavy atom.